The zero-order valence-electron chi connectivity index (χ0n) is 11.7. The lowest BCUT2D eigenvalue weighted by atomic mass is 10.0. The van der Waals surface area contributed by atoms with Crippen LogP contribution in [0.15, 0.2) is 0 Å². The number of nitrogens with zero attached hydrogens (tertiary/aromatic N) is 1. The highest BCUT2D eigenvalue weighted by atomic mass is 15.3. The quantitative estimate of drug-likeness (QED) is 0.401. The third-order valence-corrected chi connectivity index (χ3v) is 3.93. The fraction of sp³-hybridized carbons (Fsp3) is 1.00. The standard InChI is InChI=1S/C14H32N/c1-6-15(7-2,8-3)13-11-9-10-12-14(4)5/h14H,6-13H2,1-5H3/q+1. The monoisotopic (exact) mass is 214 g/mol. The van der Waals surface area contributed by atoms with E-state index in [0.717, 1.165) is 5.92 Å². The minimum atomic E-state index is 0.882. The molecule has 0 aliphatic rings. The summed E-state index contributed by atoms with van der Waals surface area (Å²) in [6, 6.07) is 0. The Hall–Kier alpha value is -0.0400. The van der Waals surface area contributed by atoms with Crippen molar-refractivity contribution in [3.8, 4) is 0 Å². The minimum Gasteiger partial charge on any atom is -0.324 e. The van der Waals surface area contributed by atoms with Gasteiger partial charge >= 0.3 is 0 Å². The molecule has 0 spiro atoms. The van der Waals surface area contributed by atoms with Crippen LogP contribution in [-0.4, -0.2) is 30.7 Å². The molecular formula is C14H32N+. The molecule has 1 heteroatoms. The minimum absolute atomic E-state index is 0.882. The maximum absolute atomic E-state index is 2.33. The van der Waals surface area contributed by atoms with E-state index in [1.165, 1.54) is 56.3 Å². The largest absolute Gasteiger partial charge is 0.324 e. The molecule has 0 bridgehead atoms. The number of rotatable bonds is 9. The van der Waals surface area contributed by atoms with Crippen LogP contribution in [0.2, 0.25) is 0 Å². The average molecular weight is 214 g/mol. The van der Waals surface area contributed by atoms with Crippen molar-refractivity contribution < 1.29 is 4.48 Å². The molecule has 0 aromatic carbocycles. The molecule has 0 atom stereocenters. The maximum atomic E-state index is 2.33. The van der Waals surface area contributed by atoms with E-state index in [1.54, 1.807) is 0 Å². The summed E-state index contributed by atoms with van der Waals surface area (Å²) >= 11 is 0. The van der Waals surface area contributed by atoms with Gasteiger partial charge in [-0.3, -0.25) is 0 Å². The molecule has 0 N–H and O–H groups in total. The highest BCUT2D eigenvalue weighted by molar-refractivity contribution is 4.48. The summed E-state index contributed by atoms with van der Waals surface area (Å²) in [5.41, 5.74) is 0. The van der Waals surface area contributed by atoms with Gasteiger partial charge < -0.3 is 4.48 Å². The first-order valence-electron chi connectivity index (χ1n) is 6.95. The predicted octanol–water partition coefficient (Wildman–Crippen LogP) is 4.08. The summed E-state index contributed by atoms with van der Waals surface area (Å²) in [6.07, 6.45) is 5.68. The van der Waals surface area contributed by atoms with E-state index in [2.05, 4.69) is 34.6 Å². The summed E-state index contributed by atoms with van der Waals surface area (Å²) in [4.78, 5) is 0. The van der Waals surface area contributed by atoms with Crippen molar-refractivity contribution in [1.82, 2.24) is 0 Å². The van der Waals surface area contributed by atoms with Crippen LogP contribution in [0.1, 0.15) is 60.3 Å². The molecule has 0 saturated heterocycles. The summed E-state index contributed by atoms with van der Waals surface area (Å²) in [7, 11) is 0. The van der Waals surface area contributed by atoms with Gasteiger partial charge in [0.1, 0.15) is 0 Å². The van der Waals surface area contributed by atoms with Gasteiger partial charge in [0, 0.05) is 0 Å². The van der Waals surface area contributed by atoms with Crippen molar-refractivity contribution in [3.05, 3.63) is 0 Å². The molecule has 0 aliphatic heterocycles. The number of quaternary nitrogens is 1. The molecule has 0 amide bonds. The first-order valence-corrected chi connectivity index (χ1v) is 6.95. The normalized spacial score (nSPS) is 12.4. The van der Waals surface area contributed by atoms with E-state index >= 15 is 0 Å². The van der Waals surface area contributed by atoms with Crippen LogP contribution in [0.4, 0.5) is 0 Å². The van der Waals surface area contributed by atoms with Crippen molar-refractivity contribution in [2.24, 2.45) is 5.92 Å². The molecule has 0 aromatic heterocycles. The number of unbranched alkanes of at least 4 members (excludes halogenated alkanes) is 2. The van der Waals surface area contributed by atoms with E-state index in [1.807, 2.05) is 0 Å². The second-order valence-electron chi connectivity index (χ2n) is 5.26. The van der Waals surface area contributed by atoms with Crippen molar-refractivity contribution in [3.63, 3.8) is 0 Å². The summed E-state index contributed by atoms with van der Waals surface area (Å²) in [5, 5.41) is 0. The Labute approximate surface area is 97.5 Å². The average Bonchev–Trinajstić information content (AvgIpc) is 2.24. The fourth-order valence-electron chi connectivity index (χ4n) is 2.32. The van der Waals surface area contributed by atoms with Crippen molar-refractivity contribution >= 4 is 0 Å². The molecule has 0 saturated carbocycles. The zero-order chi connectivity index (χ0) is 11.7. The Balaban J connectivity index is 3.63. The second-order valence-corrected chi connectivity index (χ2v) is 5.26. The van der Waals surface area contributed by atoms with Gasteiger partial charge in [-0.2, -0.15) is 0 Å². The predicted molar refractivity (Wildman–Crippen MR) is 70.1 cm³/mol. The van der Waals surface area contributed by atoms with Crippen molar-refractivity contribution in [2.75, 3.05) is 26.2 Å². The van der Waals surface area contributed by atoms with E-state index in [-0.39, 0.29) is 0 Å². The van der Waals surface area contributed by atoms with Crippen LogP contribution in [0.3, 0.4) is 0 Å². The van der Waals surface area contributed by atoms with E-state index < -0.39 is 0 Å². The van der Waals surface area contributed by atoms with Crippen LogP contribution in [0, 0.1) is 5.92 Å². The van der Waals surface area contributed by atoms with E-state index in [4.69, 9.17) is 0 Å². The first kappa shape index (κ1) is 15.0. The van der Waals surface area contributed by atoms with Crippen molar-refractivity contribution in [2.45, 2.75) is 60.3 Å². The van der Waals surface area contributed by atoms with Crippen LogP contribution in [-0.2, 0) is 0 Å². The Kier molecular flexibility index (Phi) is 8.13. The van der Waals surface area contributed by atoms with Gasteiger partial charge in [0.15, 0.2) is 0 Å². The highest BCUT2D eigenvalue weighted by Gasteiger charge is 2.19. The zero-order valence-corrected chi connectivity index (χ0v) is 11.7. The van der Waals surface area contributed by atoms with Gasteiger partial charge in [0.25, 0.3) is 0 Å². The molecule has 1 nitrogen and oxygen atoms in total. The Bertz CT molecular complexity index is 128. The SMILES string of the molecule is CC[N+](CC)(CC)CCCCCC(C)C. The molecule has 0 heterocycles. The molecule has 15 heavy (non-hydrogen) atoms. The maximum Gasteiger partial charge on any atom is 0.0786 e. The molecule has 0 aliphatic carbocycles. The summed E-state index contributed by atoms with van der Waals surface area (Å²) < 4.78 is 1.32. The van der Waals surface area contributed by atoms with Crippen LogP contribution in [0.5, 0.6) is 0 Å². The molecule has 0 fully saturated rings. The lowest BCUT2D eigenvalue weighted by Crippen LogP contribution is -2.48. The molecule has 0 rings (SSSR count). The Morgan fingerprint density at radius 1 is 0.800 bits per heavy atom. The summed E-state index contributed by atoms with van der Waals surface area (Å²) in [6.45, 7) is 16.9. The van der Waals surface area contributed by atoms with Gasteiger partial charge in [-0.1, -0.05) is 26.7 Å². The number of hydrogen-bond acceptors (Lipinski definition) is 0. The first-order chi connectivity index (χ1) is 7.10. The Morgan fingerprint density at radius 2 is 1.33 bits per heavy atom. The highest BCUT2D eigenvalue weighted by Crippen LogP contribution is 2.12. The van der Waals surface area contributed by atoms with Crippen LogP contribution >= 0.6 is 0 Å². The van der Waals surface area contributed by atoms with Gasteiger partial charge in [-0.05, 0) is 39.5 Å². The topological polar surface area (TPSA) is 0 Å². The molecule has 0 unspecified atom stereocenters. The molecule has 92 valence electrons. The fourth-order valence-corrected chi connectivity index (χ4v) is 2.32. The van der Waals surface area contributed by atoms with Gasteiger partial charge in [-0.25, -0.2) is 0 Å². The van der Waals surface area contributed by atoms with Gasteiger partial charge in [0.05, 0.1) is 26.2 Å². The smallest absolute Gasteiger partial charge is 0.0786 e. The molecule has 0 radical (unpaired) electrons. The van der Waals surface area contributed by atoms with Crippen LogP contribution < -0.4 is 0 Å². The van der Waals surface area contributed by atoms with E-state index in [0.29, 0.717) is 0 Å². The lowest BCUT2D eigenvalue weighted by molar-refractivity contribution is -0.923. The molecular weight excluding hydrogens is 182 g/mol. The van der Waals surface area contributed by atoms with Crippen molar-refractivity contribution in [1.29, 1.82) is 0 Å². The second kappa shape index (κ2) is 8.15. The van der Waals surface area contributed by atoms with Gasteiger partial charge in [0.2, 0.25) is 0 Å². The Morgan fingerprint density at radius 3 is 1.73 bits per heavy atom. The van der Waals surface area contributed by atoms with E-state index in [9.17, 15) is 0 Å². The van der Waals surface area contributed by atoms with Gasteiger partial charge in [-0.15, -0.1) is 0 Å². The number of hydrogen-bond donors (Lipinski definition) is 0. The third kappa shape index (κ3) is 6.19. The molecule has 0 aromatic rings. The summed E-state index contributed by atoms with van der Waals surface area (Å²) in [5.74, 6) is 0.882. The van der Waals surface area contributed by atoms with Crippen LogP contribution in [0.25, 0.3) is 0 Å². The lowest BCUT2D eigenvalue weighted by Gasteiger charge is -2.35. The third-order valence-electron chi connectivity index (χ3n) is 3.93.